The second-order valence-electron chi connectivity index (χ2n) is 4.22. The number of nitrogens with one attached hydrogen (secondary N) is 1. The van der Waals surface area contributed by atoms with Crippen LogP contribution in [0.2, 0.25) is 0 Å². The summed E-state index contributed by atoms with van der Waals surface area (Å²) in [5, 5.41) is 11.8. The van der Waals surface area contributed by atoms with Crippen molar-refractivity contribution < 1.29 is 9.53 Å². The van der Waals surface area contributed by atoms with Gasteiger partial charge in [0.15, 0.2) is 0 Å². The Kier molecular flexibility index (Phi) is 4.45. The number of ether oxygens (including phenoxy) is 1. The molecule has 0 unspecified atom stereocenters. The number of hydrogen-bond acceptors (Lipinski definition) is 4. The molecular weight excluding hydrogens is 334 g/mol. The first-order valence-electron chi connectivity index (χ1n) is 5.99. The molecule has 0 aliphatic heterocycles. The Hall–Kier alpha value is -2.52. The Labute approximate surface area is 130 Å². The molecule has 0 aromatic heterocycles. The molecule has 0 aliphatic rings. The number of nitrogens with zero attached hydrogens (tertiary/aromatic N) is 1. The summed E-state index contributed by atoms with van der Waals surface area (Å²) in [5.41, 5.74) is 7.25. The zero-order valence-electron chi connectivity index (χ0n) is 11.2. The Balaban J connectivity index is 2.35. The standard InChI is InChI=1S/C15H12BrN3O2/c1-21-14-5-3-11(18)7-12(14)15(20)19-13-4-2-10(16)6-9(13)8-17/h2-7H,18H2,1H3,(H,19,20). The minimum Gasteiger partial charge on any atom is -0.496 e. The van der Waals surface area contributed by atoms with E-state index in [1.807, 2.05) is 6.07 Å². The minimum atomic E-state index is -0.391. The number of benzene rings is 2. The summed E-state index contributed by atoms with van der Waals surface area (Å²) in [4.78, 5) is 12.3. The lowest BCUT2D eigenvalue weighted by molar-refractivity contribution is 0.102. The van der Waals surface area contributed by atoms with E-state index in [1.54, 1.807) is 30.3 Å². The third-order valence-electron chi connectivity index (χ3n) is 2.82. The molecular formula is C15H12BrN3O2. The van der Waals surface area contributed by atoms with Crippen molar-refractivity contribution >= 4 is 33.2 Å². The topological polar surface area (TPSA) is 88.1 Å². The second-order valence-corrected chi connectivity index (χ2v) is 5.13. The highest BCUT2D eigenvalue weighted by Gasteiger charge is 2.14. The summed E-state index contributed by atoms with van der Waals surface area (Å²) >= 11 is 3.28. The van der Waals surface area contributed by atoms with Gasteiger partial charge in [-0.25, -0.2) is 0 Å². The van der Waals surface area contributed by atoms with E-state index in [1.165, 1.54) is 13.2 Å². The molecule has 2 rings (SSSR count). The van der Waals surface area contributed by atoms with E-state index in [2.05, 4.69) is 21.2 Å². The van der Waals surface area contributed by atoms with E-state index in [0.717, 1.165) is 4.47 Å². The molecule has 2 aromatic carbocycles. The number of amides is 1. The zero-order valence-corrected chi connectivity index (χ0v) is 12.8. The molecule has 0 aliphatic carbocycles. The van der Waals surface area contributed by atoms with Crippen molar-refractivity contribution in [2.75, 3.05) is 18.2 Å². The number of anilines is 2. The molecule has 0 radical (unpaired) electrons. The molecule has 21 heavy (non-hydrogen) atoms. The molecule has 0 saturated carbocycles. The molecule has 3 N–H and O–H groups in total. The highest BCUT2D eigenvalue weighted by molar-refractivity contribution is 9.10. The molecule has 0 bridgehead atoms. The highest BCUT2D eigenvalue weighted by Crippen LogP contribution is 2.24. The lowest BCUT2D eigenvalue weighted by Gasteiger charge is -2.11. The van der Waals surface area contributed by atoms with Gasteiger partial charge < -0.3 is 15.8 Å². The van der Waals surface area contributed by atoms with Gasteiger partial charge in [-0.15, -0.1) is 0 Å². The number of carbonyl (C=O) groups excluding carboxylic acids is 1. The fourth-order valence-electron chi connectivity index (χ4n) is 1.81. The van der Waals surface area contributed by atoms with Crippen molar-refractivity contribution in [2.24, 2.45) is 0 Å². The first-order chi connectivity index (χ1) is 10.0. The average Bonchev–Trinajstić information content (AvgIpc) is 2.48. The molecule has 0 fully saturated rings. The summed E-state index contributed by atoms with van der Waals surface area (Å²) in [6.45, 7) is 0. The van der Waals surface area contributed by atoms with Gasteiger partial charge >= 0.3 is 0 Å². The van der Waals surface area contributed by atoms with Gasteiger partial charge in [0, 0.05) is 10.2 Å². The normalized spacial score (nSPS) is 9.76. The number of hydrogen-bond donors (Lipinski definition) is 2. The molecule has 1 amide bonds. The van der Waals surface area contributed by atoms with Crippen LogP contribution in [0.5, 0.6) is 5.75 Å². The van der Waals surface area contributed by atoms with Crippen LogP contribution in [-0.4, -0.2) is 13.0 Å². The van der Waals surface area contributed by atoms with Crippen LogP contribution in [0.4, 0.5) is 11.4 Å². The summed E-state index contributed by atoms with van der Waals surface area (Å²) in [6.07, 6.45) is 0. The largest absolute Gasteiger partial charge is 0.496 e. The maximum atomic E-state index is 12.3. The average molecular weight is 346 g/mol. The molecule has 106 valence electrons. The zero-order chi connectivity index (χ0) is 15.4. The van der Waals surface area contributed by atoms with Crippen LogP contribution in [0.3, 0.4) is 0 Å². The smallest absolute Gasteiger partial charge is 0.259 e. The fraction of sp³-hybridized carbons (Fsp3) is 0.0667. The number of carbonyl (C=O) groups is 1. The molecule has 0 heterocycles. The molecule has 0 saturated heterocycles. The highest BCUT2D eigenvalue weighted by atomic mass is 79.9. The Bertz CT molecular complexity index is 738. The van der Waals surface area contributed by atoms with E-state index < -0.39 is 5.91 Å². The van der Waals surface area contributed by atoms with Crippen molar-refractivity contribution in [3.63, 3.8) is 0 Å². The quantitative estimate of drug-likeness (QED) is 0.836. The predicted molar refractivity (Wildman–Crippen MR) is 84.2 cm³/mol. The van der Waals surface area contributed by atoms with Crippen LogP contribution in [0.15, 0.2) is 40.9 Å². The predicted octanol–water partition coefficient (Wildman–Crippen LogP) is 3.16. The van der Waals surface area contributed by atoms with Gasteiger partial charge in [-0.3, -0.25) is 4.79 Å². The summed E-state index contributed by atoms with van der Waals surface area (Å²) < 4.78 is 5.91. The van der Waals surface area contributed by atoms with Crippen molar-refractivity contribution in [1.29, 1.82) is 5.26 Å². The van der Waals surface area contributed by atoms with Crippen LogP contribution in [0.25, 0.3) is 0 Å². The van der Waals surface area contributed by atoms with Gasteiger partial charge in [-0.1, -0.05) is 15.9 Å². The Morgan fingerprint density at radius 1 is 1.33 bits per heavy atom. The van der Waals surface area contributed by atoms with Crippen molar-refractivity contribution in [1.82, 2.24) is 0 Å². The number of nitrogen functional groups attached to an aromatic ring is 1. The molecule has 2 aromatic rings. The minimum absolute atomic E-state index is 0.310. The number of nitrogens with two attached hydrogens (primary N) is 1. The summed E-state index contributed by atoms with van der Waals surface area (Å²) in [7, 11) is 1.47. The lowest BCUT2D eigenvalue weighted by Crippen LogP contribution is -2.14. The molecule has 6 heteroatoms. The Morgan fingerprint density at radius 3 is 2.76 bits per heavy atom. The summed E-state index contributed by atoms with van der Waals surface area (Å²) in [6, 6.07) is 11.9. The van der Waals surface area contributed by atoms with Crippen LogP contribution in [0, 0.1) is 11.3 Å². The van der Waals surface area contributed by atoms with Crippen molar-refractivity contribution in [3.8, 4) is 11.8 Å². The number of halogens is 1. The van der Waals surface area contributed by atoms with Gasteiger partial charge in [0.1, 0.15) is 11.8 Å². The monoisotopic (exact) mass is 345 g/mol. The lowest BCUT2D eigenvalue weighted by atomic mass is 10.1. The number of rotatable bonds is 3. The van der Waals surface area contributed by atoms with Crippen LogP contribution < -0.4 is 15.8 Å². The Morgan fingerprint density at radius 2 is 2.10 bits per heavy atom. The van der Waals surface area contributed by atoms with Gasteiger partial charge in [0.25, 0.3) is 5.91 Å². The number of methoxy groups -OCH3 is 1. The van der Waals surface area contributed by atoms with Gasteiger partial charge in [-0.05, 0) is 36.4 Å². The first kappa shape index (κ1) is 14.9. The SMILES string of the molecule is COc1ccc(N)cc1C(=O)Nc1ccc(Br)cc1C#N. The third-order valence-corrected chi connectivity index (χ3v) is 3.31. The van der Waals surface area contributed by atoms with E-state index in [9.17, 15) is 4.79 Å². The third kappa shape index (κ3) is 3.33. The number of nitriles is 1. The van der Waals surface area contributed by atoms with E-state index in [0.29, 0.717) is 28.3 Å². The first-order valence-corrected chi connectivity index (χ1v) is 6.79. The fourth-order valence-corrected chi connectivity index (χ4v) is 2.17. The van der Waals surface area contributed by atoms with Crippen LogP contribution >= 0.6 is 15.9 Å². The van der Waals surface area contributed by atoms with E-state index in [4.69, 9.17) is 15.7 Å². The summed E-state index contributed by atoms with van der Waals surface area (Å²) in [5.74, 6) is 0.0234. The van der Waals surface area contributed by atoms with Gasteiger partial charge in [-0.2, -0.15) is 5.26 Å². The van der Waals surface area contributed by atoms with Gasteiger partial charge in [0.2, 0.25) is 0 Å². The molecule has 0 spiro atoms. The maximum Gasteiger partial charge on any atom is 0.259 e. The van der Waals surface area contributed by atoms with Crippen molar-refractivity contribution in [2.45, 2.75) is 0 Å². The molecule has 5 nitrogen and oxygen atoms in total. The van der Waals surface area contributed by atoms with E-state index in [-0.39, 0.29) is 0 Å². The van der Waals surface area contributed by atoms with Crippen molar-refractivity contribution in [3.05, 3.63) is 52.0 Å². The van der Waals surface area contributed by atoms with Crippen LogP contribution in [-0.2, 0) is 0 Å². The van der Waals surface area contributed by atoms with Gasteiger partial charge in [0.05, 0.1) is 23.9 Å². The molecule has 0 atom stereocenters. The maximum absolute atomic E-state index is 12.3. The second kappa shape index (κ2) is 6.29. The van der Waals surface area contributed by atoms with Crippen LogP contribution in [0.1, 0.15) is 15.9 Å². The van der Waals surface area contributed by atoms with E-state index >= 15 is 0 Å².